The Labute approximate surface area is 113 Å². The van der Waals surface area contributed by atoms with Gasteiger partial charge in [0.25, 0.3) is 0 Å². The molecule has 1 N–H and O–H groups in total. The van der Waals surface area contributed by atoms with Crippen molar-refractivity contribution in [2.45, 2.75) is 18.4 Å². The van der Waals surface area contributed by atoms with E-state index in [-0.39, 0.29) is 6.61 Å². The standard InChI is InChI=1S/C12H14ClF4NO/c1-18-10(8-3-2-4-9(13)5-8)6-19-7-12(16,17)11(14)15/h2-5,10-11,18H,6-7H2,1H3. The fourth-order valence-corrected chi connectivity index (χ4v) is 1.64. The van der Waals surface area contributed by atoms with E-state index in [4.69, 9.17) is 11.6 Å². The zero-order chi connectivity index (χ0) is 14.5. The highest BCUT2D eigenvalue weighted by Crippen LogP contribution is 2.24. The fourth-order valence-electron chi connectivity index (χ4n) is 1.45. The zero-order valence-electron chi connectivity index (χ0n) is 10.2. The second kappa shape index (κ2) is 7.07. The number of benzene rings is 1. The predicted octanol–water partition coefficient (Wildman–Crippen LogP) is 3.52. The van der Waals surface area contributed by atoms with Crippen molar-refractivity contribution in [1.29, 1.82) is 0 Å². The fraction of sp³-hybridized carbons (Fsp3) is 0.500. The third-order valence-corrected chi connectivity index (χ3v) is 2.73. The van der Waals surface area contributed by atoms with E-state index in [0.717, 1.165) is 5.56 Å². The summed E-state index contributed by atoms with van der Waals surface area (Å²) < 4.78 is 53.8. The number of halogens is 5. The lowest BCUT2D eigenvalue weighted by Gasteiger charge is -2.20. The van der Waals surface area contributed by atoms with Gasteiger partial charge in [-0.1, -0.05) is 23.7 Å². The number of ether oxygens (including phenoxy) is 1. The third-order valence-electron chi connectivity index (χ3n) is 2.50. The molecule has 0 aliphatic heterocycles. The Kier molecular flexibility index (Phi) is 6.03. The van der Waals surface area contributed by atoms with Crippen LogP contribution in [0, 0.1) is 0 Å². The van der Waals surface area contributed by atoms with Gasteiger partial charge in [-0.15, -0.1) is 0 Å². The van der Waals surface area contributed by atoms with E-state index in [1.807, 2.05) is 0 Å². The molecule has 0 heterocycles. The zero-order valence-corrected chi connectivity index (χ0v) is 10.9. The summed E-state index contributed by atoms with van der Waals surface area (Å²) in [5.74, 6) is -4.13. The number of hydrogen-bond acceptors (Lipinski definition) is 2. The maximum Gasteiger partial charge on any atom is 0.330 e. The van der Waals surface area contributed by atoms with Crippen LogP contribution < -0.4 is 5.32 Å². The molecule has 1 aromatic carbocycles. The number of nitrogens with one attached hydrogen (secondary N) is 1. The van der Waals surface area contributed by atoms with Crippen molar-refractivity contribution >= 4 is 11.6 Å². The Hall–Kier alpha value is -0.850. The highest BCUT2D eigenvalue weighted by atomic mass is 35.5. The first-order valence-electron chi connectivity index (χ1n) is 5.53. The Bertz CT molecular complexity index is 403. The van der Waals surface area contributed by atoms with Crippen LogP contribution in [0.1, 0.15) is 11.6 Å². The smallest absolute Gasteiger partial charge is 0.330 e. The van der Waals surface area contributed by atoms with Crippen molar-refractivity contribution in [1.82, 2.24) is 5.32 Å². The van der Waals surface area contributed by atoms with Crippen molar-refractivity contribution in [3.8, 4) is 0 Å². The molecule has 19 heavy (non-hydrogen) atoms. The van der Waals surface area contributed by atoms with Crippen LogP contribution >= 0.6 is 11.6 Å². The van der Waals surface area contributed by atoms with E-state index in [1.165, 1.54) is 0 Å². The largest absolute Gasteiger partial charge is 0.373 e. The normalized spacial score (nSPS) is 13.8. The van der Waals surface area contributed by atoms with E-state index >= 15 is 0 Å². The Morgan fingerprint density at radius 3 is 2.58 bits per heavy atom. The van der Waals surface area contributed by atoms with Crippen LogP contribution in [-0.2, 0) is 4.74 Å². The van der Waals surface area contributed by atoms with Crippen molar-refractivity contribution in [3.63, 3.8) is 0 Å². The van der Waals surface area contributed by atoms with Crippen LogP contribution in [0.25, 0.3) is 0 Å². The first-order chi connectivity index (χ1) is 8.86. The van der Waals surface area contributed by atoms with Gasteiger partial charge in [-0.25, -0.2) is 8.78 Å². The molecule has 0 bridgehead atoms. The average Bonchev–Trinajstić information content (AvgIpc) is 2.34. The lowest BCUT2D eigenvalue weighted by molar-refractivity contribution is -0.167. The molecule has 0 aliphatic rings. The van der Waals surface area contributed by atoms with Crippen LogP contribution in [0.15, 0.2) is 24.3 Å². The summed E-state index contributed by atoms with van der Waals surface area (Å²) in [6.45, 7) is -1.47. The highest BCUT2D eigenvalue weighted by Gasteiger charge is 2.41. The maximum absolute atomic E-state index is 12.7. The minimum Gasteiger partial charge on any atom is -0.373 e. The summed E-state index contributed by atoms with van der Waals surface area (Å²) in [5.41, 5.74) is 0.732. The van der Waals surface area contributed by atoms with Gasteiger partial charge < -0.3 is 10.1 Å². The van der Waals surface area contributed by atoms with Gasteiger partial charge in [0.1, 0.15) is 6.61 Å². The molecule has 1 atom stereocenters. The van der Waals surface area contributed by atoms with Gasteiger partial charge in [0.05, 0.1) is 12.6 Å². The number of hydrogen-bond donors (Lipinski definition) is 1. The van der Waals surface area contributed by atoms with Crippen LogP contribution in [0.5, 0.6) is 0 Å². The van der Waals surface area contributed by atoms with Gasteiger partial charge in [0, 0.05) is 5.02 Å². The molecule has 1 unspecified atom stereocenters. The average molecular weight is 300 g/mol. The Morgan fingerprint density at radius 1 is 1.37 bits per heavy atom. The third kappa shape index (κ3) is 4.97. The second-order valence-electron chi connectivity index (χ2n) is 3.97. The lowest BCUT2D eigenvalue weighted by atomic mass is 10.1. The molecule has 7 heteroatoms. The molecule has 0 fully saturated rings. The van der Waals surface area contributed by atoms with Crippen LogP contribution in [0.2, 0.25) is 5.02 Å². The monoisotopic (exact) mass is 299 g/mol. The number of rotatable bonds is 7. The molecule has 0 aliphatic carbocycles. The number of alkyl halides is 4. The van der Waals surface area contributed by atoms with E-state index in [9.17, 15) is 17.6 Å². The first kappa shape index (κ1) is 16.2. The summed E-state index contributed by atoms with van der Waals surface area (Å²) in [6.07, 6.45) is -3.73. The van der Waals surface area contributed by atoms with Crippen molar-refractivity contribution < 1.29 is 22.3 Å². The number of likely N-dealkylation sites (N-methyl/N-ethyl adjacent to an activating group) is 1. The van der Waals surface area contributed by atoms with Crippen LogP contribution in [-0.4, -0.2) is 32.6 Å². The van der Waals surface area contributed by atoms with Gasteiger partial charge in [0.15, 0.2) is 0 Å². The SMILES string of the molecule is CNC(COCC(F)(F)C(F)F)c1cccc(Cl)c1. The Balaban J connectivity index is 2.55. The molecule has 0 aromatic heterocycles. The maximum atomic E-state index is 12.7. The molecule has 108 valence electrons. The van der Waals surface area contributed by atoms with Gasteiger partial charge in [0.2, 0.25) is 0 Å². The van der Waals surface area contributed by atoms with Gasteiger partial charge >= 0.3 is 12.3 Å². The predicted molar refractivity (Wildman–Crippen MR) is 65.0 cm³/mol. The molecule has 2 nitrogen and oxygen atoms in total. The molecule has 1 aromatic rings. The molecule has 0 amide bonds. The lowest BCUT2D eigenvalue weighted by Crippen LogP contribution is -2.34. The molecule has 0 spiro atoms. The minimum atomic E-state index is -4.13. The molecule has 1 rings (SSSR count). The highest BCUT2D eigenvalue weighted by molar-refractivity contribution is 6.30. The minimum absolute atomic E-state index is 0.154. The first-order valence-corrected chi connectivity index (χ1v) is 5.91. The molecular weight excluding hydrogens is 286 g/mol. The van der Waals surface area contributed by atoms with Crippen molar-refractivity contribution in [3.05, 3.63) is 34.9 Å². The summed E-state index contributed by atoms with van der Waals surface area (Å²) in [4.78, 5) is 0. The second-order valence-corrected chi connectivity index (χ2v) is 4.41. The Morgan fingerprint density at radius 2 is 2.05 bits per heavy atom. The van der Waals surface area contributed by atoms with E-state index < -0.39 is 25.0 Å². The van der Waals surface area contributed by atoms with Gasteiger partial charge in [-0.3, -0.25) is 0 Å². The molecular formula is C12H14ClF4NO. The summed E-state index contributed by atoms with van der Waals surface area (Å²) in [7, 11) is 1.61. The molecule has 0 saturated heterocycles. The van der Waals surface area contributed by atoms with Crippen LogP contribution in [0.4, 0.5) is 17.6 Å². The summed E-state index contributed by atoms with van der Waals surface area (Å²) >= 11 is 5.81. The van der Waals surface area contributed by atoms with Crippen molar-refractivity contribution in [2.75, 3.05) is 20.3 Å². The summed E-state index contributed by atoms with van der Waals surface area (Å²) in [6, 6.07) is 6.37. The topological polar surface area (TPSA) is 21.3 Å². The quantitative estimate of drug-likeness (QED) is 0.778. The van der Waals surface area contributed by atoms with Crippen LogP contribution in [0.3, 0.4) is 0 Å². The van der Waals surface area contributed by atoms with E-state index in [0.29, 0.717) is 5.02 Å². The van der Waals surface area contributed by atoms with Gasteiger partial charge in [-0.05, 0) is 24.7 Å². The van der Waals surface area contributed by atoms with Gasteiger partial charge in [-0.2, -0.15) is 8.78 Å². The summed E-state index contributed by atoms with van der Waals surface area (Å²) in [5, 5.41) is 3.34. The van der Waals surface area contributed by atoms with E-state index in [1.54, 1.807) is 31.3 Å². The van der Waals surface area contributed by atoms with E-state index in [2.05, 4.69) is 10.1 Å². The molecule has 0 saturated carbocycles. The van der Waals surface area contributed by atoms with Crippen molar-refractivity contribution in [2.24, 2.45) is 0 Å². The molecule has 0 radical (unpaired) electrons.